The van der Waals surface area contributed by atoms with Gasteiger partial charge in [-0.3, -0.25) is 9.59 Å². The Hall–Kier alpha value is -4.27. The van der Waals surface area contributed by atoms with Gasteiger partial charge in [0.05, 0.1) is 26.6 Å². The second-order valence-electron chi connectivity index (χ2n) is 8.70. The molecule has 7 nitrogen and oxygen atoms in total. The number of aromatic nitrogens is 2. The molecule has 4 aromatic carbocycles. The smallest absolute Gasteiger partial charge is 0.282 e. The van der Waals surface area contributed by atoms with Gasteiger partial charge in [-0.25, -0.2) is 4.98 Å². The molecule has 1 aromatic heterocycles. The van der Waals surface area contributed by atoms with Gasteiger partial charge in [0.15, 0.2) is 18.2 Å². The van der Waals surface area contributed by atoms with Gasteiger partial charge in [0, 0.05) is 11.3 Å². The van der Waals surface area contributed by atoms with Crippen molar-refractivity contribution in [1.82, 2.24) is 9.66 Å². The fraction of sp³-hybridized carbons (Fsp3) is 0.0667. The van der Waals surface area contributed by atoms with Crippen LogP contribution in [-0.2, 0) is 4.79 Å². The average molecular weight is 602 g/mol. The number of ether oxygens (including phenoxy) is 1. The number of hydrogen-bond donors (Lipinski definition) is 1. The van der Waals surface area contributed by atoms with Gasteiger partial charge in [0.25, 0.3) is 11.5 Å². The van der Waals surface area contributed by atoms with Crippen molar-refractivity contribution in [2.45, 2.75) is 6.92 Å². The highest BCUT2D eigenvalue weighted by Crippen LogP contribution is 2.34. The Bertz CT molecular complexity index is 1730. The number of benzene rings is 4. The van der Waals surface area contributed by atoms with Crippen molar-refractivity contribution in [1.29, 1.82) is 0 Å². The number of hydrogen-bond acceptors (Lipinski definition) is 5. The zero-order valence-corrected chi connectivity index (χ0v) is 23.1. The van der Waals surface area contributed by atoms with Crippen molar-refractivity contribution < 1.29 is 9.53 Å². The van der Waals surface area contributed by atoms with Crippen LogP contribution in [0.2, 0.25) is 5.02 Å². The number of halogens is 2. The zero-order chi connectivity index (χ0) is 27.4. The second-order valence-corrected chi connectivity index (χ2v) is 9.96. The highest BCUT2D eigenvalue weighted by Gasteiger charge is 2.14. The number of anilines is 1. The van der Waals surface area contributed by atoms with E-state index in [1.54, 1.807) is 30.3 Å². The predicted molar refractivity (Wildman–Crippen MR) is 159 cm³/mol. The molecule has 0 spiro atoms. The van der Waals surface area contributed by atoms with Crippen LogP contribution in [0.3, 0.4) is 0 Å². The van der Waals surface area contributed by atoms with Crippen molar-refractivity contribution in [3.63, 3.8) is 0 Å². The molecular weight excluding hydrogens is 580 g/mol. The molecule has 0 saturated heterocycles. The summed E-state index contributed by atoms with van der Waals surface area (Å²) in [6.07, 6.45) is 1.52. The molecule has 0 fully saturated rings. The molecule has 0 atom stereocenters. The van der Waals surface area contributed by atoms with E-state index in [2.05, 4.69) is 26.3 Å². The SMILES string of the molecule is Cc1ccc(NC(=O)COc2c(Cl)cc(C=Nn3c(-c4ccccc4)nc4ccccc4c3=O)cc2Br)cc1. The first-order valence-corrected chi connectivity index (χ1v) is 13.2. The first-order valence-electron chi connectivity index (χ1n) is 12.0. The van der Waals surface area contributed by atoms with Gasteiger partial charge >= 0.3 is 0 Å². The minimum Gasteiger partial charge on any atom is -0.481 e. The first-order chi connectivity index (χ1) is 18.9. The molecule has 0 aliphatic carbocycles. The van der Waals surface area contributed by atoms with E-state index in [9.17, 15) is 9.59 Å². The van der Waals surface area contributed by atoms with Crippen LogP contribution in [0.4, 0.5) is 5.69 Å². The van der Waals surface area contributed by atoms with Crippen molar-refractivity contribution in [3.05, 3.63) is 122 Å². The monoisotopic (exact) mass is 600 g/mol. The van der Waals surface area contributed by atoms with Crippen LogP contribution in [0.1, 0.15) is 11.1 Å². The van der Waals surface area contributed by atoms with Gasteiger partial charge in [-0.2, -0.15) is 9.78 Å². The maximum Gasteiger partial charge on any atom is 0.282 e. The Morgan fingerprint density at radius 1 is 1.05 bits per heavy atom. The van der Waals surface area contributed by atoms with Gasteiger partial charge in [0.2, 0.25) is 0 Å². The molecule has 1 amide bonds. The maximum atomic E-state index is 13.3. The van der Waals surface area contributed by atoms with Crippen LogP contribution in [0, 0.1) is 6.92 Å². The number of nitrogens with one attached hydrogen (secondary N) is 1. The summed E-state index contributed by atoms with van der Waals surface area (Å²) in [6, 6.07) is 27.4. The first kappa shape index (κ1) is 26.3. The minimum atomic E-state index is -0.316. The quantitative estimate of drug-likeness (QED) is 0.211. The van der Waals surface area contributed by atoms with Crippen LogP contribution in [0.5, 0.6) is 5.75 Å². The summed E-state index contributed by atoms with van der Waals surface area (Å²) in [5.41, 5.74) is 3.44. The van der Waals surface area contributed by atoms with E-state index in [4.69, 9.17) is 21.3 Å². The molecule has 0 unspecified atom stereocenters. The summed E-state index contributed by atoms with van der Waals surface area (Å²) >= 11 is 9.95. The Labute approximate surface area is 237 Å². The molecule has 5 rings (SSSR count). The Kier molecular flexibility index (Phi) is 7.86. The summed E-state index contributed by atoms with van der Waals surface area (Å²) in [5.74, 6) is 0.423. The van der Waals surface area contributed by atoms with E-state index in [1.807, 2.05) is 67.6 Å². The highest BCUT2D eigenvalue weighted by molar-refractivity contribution is 9.10. The number of rotatable bonds is 7. The molecule has 194 valence electrons. The third-order valence-electron chi connectivity index (χ3n) is 5.81. The van der Waals surface area contributed by atoms with E-state index in [1.165, 1.54) is 10.9 Å². The number of para-hydroxylation sites is 1. The number of nitrogens with zero attached hydrogens (tertiary/aromatic N) is 3. The molecule has 0 aliphatic rings. The van der Waals surface area contributed by atoms with Crippen LogP contribution in [0.15, 0.2) is 105 Å². The van der Waals surface area contributed by atoms with Crippen molar-refractivity contribution in [3.8, 4) is 17.1 Å². The molecule has 0 saturated carbocycles. The van der Waals surface area contributed by atoms with E-state index in [0.717, 1.165) is 11.1 Å². The molecule has 1 heterocycles. The Morgan fingerprint density at radius 2 is 1.77 bits per heavy atom. The lowest BCUT2D eigenvalue weighted by Gasteiger charge is -2.12. The minimum absolute atomic E-state index is 0.224. The maximum absolute atomic E-state index is 13.3. The van der Waals surface area contributed by atoms with E-state index in [0.29, 0.717) is 38.2 Å². The largest absolute Gasteiger partial charge is 0.481 e. The Morgan fingerprint density at radius 3 is 2.51 bits per heavy atom. The van der Waals surface area contributed by atoms with Gasteiger partial charge in [-0.05, 0) is 64.8 Å². The Balaban J connectivity index is 1.39. The average Bonchev–Trinajstić information content (AvgIpc) is 2.94. The molecule has 9 heteroatoms. The fourth-order valence-corrected chi connectivity index (χ4v) is 4.88. The number of aryl methyl sites for hydroxylation is 1. The standard InChI is InChI=1S/C30H22BrClN4O3/c1-19-11-13-22(14-12-19)34-27(37)18-39-28-24(31)15-20(16-25(28)32)17-33-36-29(21-7-3-2-4-8-21)35-26-10-6-5-9-23(26)30(36)38/h2-17H,18H2,1H3,(H,34,37). The number of carbonyl (C=O) groups is 1. The molecule has 0 aliphatic heterocycles. The van der Waals surface area contributed by atoms with E-state index in [-0.39, 0.29) is 23.1 Å². The fourth-order valence-electron chi connectivity index (χ4n) is 3.89. The van der Waals surface area contributed by atoms with Gasteiger partial charge in [-0.1, -0.05) is 71.8 Å². The topological polar surface area (TPSA) is 85.6 Å². The summed E-state index contributed by atoms with van der Waals surface area (Å²) in [4.78, 5) is 30.4. The van der Waals surface area contributed by atoms with Crippen molar-refractivity contribution in [2.24, 2.45) is 5.10 Å². The molecule has 5 aromatic rings. The van der Waals surface area contributed by atoms with Crippen molar-refractivity contribution in [2.75, 3.05) is 11.9 Å². The lowest BCUT2D eigenvalue weighted by Crippen LogP contribution is -2.20. The van der Waals surface area contributed by atoms with Gasteiger partial charge in [-0.15, -0.1) is 0 Å². The third-order valence-corrected chi connectivity index (χ3v) is 6.68. The number of carbonyl (C=O) groups excluding carboxylic acids is 1. The summed E-state index contributed by atoms with van der Waals surface area (Å²) < 4.78 is 7.50. The van der Waals surface area contributed by atoms with E-state index < -0.39 is 0 Å². The highest BCUT2D eigenvalue weighted by atomic mass is 79.9. The summed E-state index contributed by atoms with van der Waals surface area (Å²) in [5, 5.41) is 8.00. The number of fused-ring (bicyclic) bond motifs is 1. The lowest BCUT2D eigenvalue weighted by molar-refractivity contribution is -0.118. The van der Waals surface area contributed by atoms with Gasteiger partial charge in [0.1, 0.15) is 0 Å². The van der Waals surface area contributed by atoms with Crippen LogP contribution >= 0.6 is 27.5 Å². The molecular formula is C30H22BrClN4O3. The third kappa shape index (κ3) is 6.08. The van der Waals surface area contributed by atoms with Crippen molar-refractivity contribution >= 4 is 56.2 Å². The predicted octanol–water partition coefficient (Wildman–Crippen LogP) is 6.69. The van der Waals surface area contributed by atoms with Crippen LogP contribution < -0.4 is 15.6 Å². The summed E-state index contributed by atoms with van der Waals surface area (Å²) in [7, 11) is 0. The molecule has 39 heavy (non-hydrogen) atoms. The molecule has 0 bridgehead atoms. The van der Waals surface area contributed by atoms with E-state index >= 15 is 0 Å². The second kappa shape index (κ2) is 11.6. The summed E-state index contributed by atoms with van der Waals surface area (Å²) in [6.45, 7) is 1.75. The van der Waals surface area contributed by atoms with Crippen LogP contribution in [-0.4, -0.2) is 28.4 Å². The zero-order valence-electron chi connectivity index (χ0n) is 20.8. The molecule has 1 N–H and O–H groups in total. The normalized spacial score (nSPS) is 11.2. The lowest BCUT2D eigenvalue weighted by atomic mass is 10.2. The van der Waals surface area contributed by atoms with Gasteiger partial charge < -0.3 is 10.1 Å². The number of amides is 1. The van der Waals surface area contributed by atoms with Crippen LogP contribution in [0.25, 0.3) is 22.3 Å². The molecule has 0 radical (unpaired) electrons.